The molecule has 1 aliphatic carbocycles. The van der Waals surface area contributed by atoms with Gasteiger partial charge in [0.05, 0.1) is 6.54 Å². The molecule has 4 heteroatoms. The van der Waals surface area contributed by atoms with E-state index in [-0.39, 0.29) is 18.4 Å². The van der Waals surface area contributed by atoms with Crippen molar-refractivity contribution in [3.63, 3.8) is 0 Å². The summed E-state index contributed by atoms with van der Waals surface area (Å²) < 4.78 is 0. The highest BCUT2D eigenvalue weighted by Crippen LogP contribution is 2.37. The van der Waals surface area contributed by atoms with E-state index in [9.17, 15) is 9.59 Å². The molecule has 1 aliphatic heterocycles. The summed E-state index contributed by atoms with van der Waals surface area (Å²) >= 11 is 0. The zero-order chi connectivity index (χ0) is 15.1. The largest absolute Gasteiger partial charge is 0.345 e. The number of amides is 2. The summed E-state index contributed by atoms with van der Waals surface area (Å²) in [4.78, 5) is 26.4. The minimum Gasteiger partial charge on any atom is -0.345 e. The Balaban J connectivity index is 1.79. The third kappa shape index (κ3) is 3.78. The van der Waals surface area contributed by atoms with Gasteiger partial charge in [0.1, 0.15) is 5.54 Å². The summed E-state index contributed by atoms with van der Waals surface area (Å²) in [5.41, 5.74) is -0.502. The highest BCUT2D eigenvalue weighted by molar-refractivity contribution is 5.98. The number of rotatable bonds is 8. The second-order valence-electron chi connectivity index (χ2n) is 6.59. The van der Waals surface area contributed by atoms with Gasteiger partial charge in [0.2, 0.25) is 11.8 Å². The minimum absolute atomic E-state index is 0.0857. The first-order chi connectivity index (χ1) is 10.2. The Bertz CT molecular complexity index is 362. The van der Waals surface area contributed by atoms with Gasteiger partial charge in [-0.1, -0.05) is 58.3 Å². The smallest absolute Gasteiger partial charge is 0.246 e. The molecule has 0 aromatic carbocycles. The Labute approximate surface area is 128 Å². The van der Waals surface area contributed by atoms with E-state index < -0.39 is 5.54 Å². The molecule has 0 aromatic heterocycles. The van der Waals surface area contributed by atoms with Crippen molar-refractivity contribution in [1.29, 1.82) is 0 Å². The van der Waals surface area contributed by atoms with Crippen LogP contribution in [0, 0.1) is 0 Å². The van der Waals surface area contributed by atoms with Gasteiger partial charge in [-0.2, -0.15) is 0 Å². The lowest BCUT2D eigenvalue weighted by Gasteiger charge is -2.43. The molecule has 4 nitrogen and oxygen atoms in total. The van der Waals surface area contributed by atoms with E-state index in [2.05, 4.69) is 12.2 Å². The van der Waals surface area contributed by atoms with Crippen molar-refractivity contribution in [2.45, 2.75) is 83.1 Å². The van der Waals surface area contributed by atoms with Crippen LogP contribution in [0.4, 0.5) is 0 Å². The number of nitrogens with zero attached hydrogens (tertiary/aromatic N) is 1. The van der Waals surface area contributed by atoms with Crippen molar-refractivity contribution in [2.75, 3.05) is 13.1 Å². The first kappa shape index (κ1) is 16.3. The summed E-state index contributed by atoms with van der Waals surface area (Å²) in [6, 6.07) is 0. The van der Waals surface area contributed by atoms with Gasteiger partial charge in [-0.05, 0) is 19.3 Å². The Morgan fingerprint density at radius 3 is 2.29 bits per heavy atom. The molecule has 120 valence electrons. The number of carbonyl (C=O) groups is 2. The molecule has 0 unspecified atom stereocenters. The molecule has 2 amide bonds. The van der Waals surface area contributed by atoms with Gasteiger partial charge in [-0.3, -0.25) is 9.59 Å². The third-order valence-electron chi connectivity index (χ3n) is 5.06. The van der Waals surface area contributed by atoms with Crippen molar-refractivity contribution in [1.82, 2.24) is 10.2 Å². The molecule has 1 N–H and O–H groups in total. The van der Waals surface area contributed by atoms with Crippen LogP contribution in [-0.2, 0) is 9.59 Å². The van der Waals surface area contributed by atoms with E-state index in [1.165, 1.54) is 38.5 Å². The summed E-state index contributed by atoms with van der Waals surface area (Å²) in [6.07, 6.45) is 12.5. The number of hydrogen-bond donors (Lipinski definition) is 1. The Kier molecular flexibility index (Phi) is 6.07. The molecule has 2 fully saturated rings. The number of unbranched alkanes of at least 4 members (excludes halogenated alkanes) is 6. The molecule has 0 atom stereocenters. The molecule has 21 heavy (non-hydrogen) atoms. The molecule has 0 aromatic rings. The number of carbonyl (C=O) groups excluding carboxylic acids is 2. The summed E-state index contributed by atoms with van der Waals surface area (Å²) in [5.74, 6) is 0.199. The summed E-state index contributed by atoms with van der Waals surface area (Å²) in [6.45, 7) is 3.19. The van der Waals surface area contributed by atoms with E-state index >= 15 is 0 Å². The van der Waals surface area contributed by atoms with Crippen LogP contribution in [0.5, 0.6) is 0 Å². The van der Waals surface area contributed by atoms with Gasteiger partial charge >= 0.3 is 0 Å². The van der Waals surface area contributed by atoms with Gasteiger partial charge < -0.3 is 10.2 Å². The molecule has 1 saturated heterocycles. The molecular weight excluding hydrogens is 264 g/mol. The fourth-order valence-electron chi connectivity index (χ4n) is 3.80. The van der Waals surface area contributed by atoms with E-state index in [0.29, 0.717) is 0 Å². The van der Waals surface area contributed by atoms with E-state index in [4.69, 9.17) is 0 Å². The lowest BCUT2D eigenvalue weighted by Crippen LogP contribution is -2.66. The first-order valence-corrected chi connectivity index (χ1v) is 8.79. The van der Waals surface area contributed by atoms with Crippen molar-refractivity contribution >= 4 is 11.8 Å². The van der Waals surface area contributed by atoms with Crippen molar-refractivity contribution in [2.24, 2.45) is 0 Å². The molecule has 1 heterocycles. The number of hydrogen-bond acceptors (Lipinski definition) is 2. The van der Waals surface area contributed by atoms with Gasteiger partial charge in [0, 0.05) is 6.54 Å². The van der Waals surface area contributed by atoms with Crippen molar-refractivity contribution < 1.29 is 9.59 Å². The van der Waals surface area contributed by atoms with E-state index in [1.54, 1.807) is 0 Å². The molecule has 0 radical (unpaired) electrons. The average Bonchev–Trinajstić information content (AvgIpc) is 2.96. The summed E-state index contributed by atoms with van der Waals surface area (Å²) in [5, 5.41) is 2.79. The zero-order valence-corrected chi connectivity index (χ0v) is 13.5. The Morgan fingerprint density at radius 2 is 1.62 bits per heavy atom. The van der Waals surface area contributed by atoms with Gasteiger partial charge in [0.15, 0.2) is 0 Å². The second-order valence-corrected chi connectivity index (χ2v) is 6.59. The van der Waals surface area contributed by atoms with Gasteiger partial charge in [-0.25, -0.2) is 0 Å². The van der Waals surface area contributed by atoms with Gasteiger partial charge in [0.25, 0.3) is 0 Å². The van der Waals surface area contributed by atoms with Crippen LogP contribution in [0.15, 0.2) is 0 Å². The highest BCUT2D eigenvalue weighted by Gasteiger charge is 2.50. The van der Waals surface area contributed by atoms with Crippen LogP contribution in [0.25, 0.3) is 0 Å². The predicted octanol–water partition coefficient (Wildman–Crippen LogP) is 3.01. The normalized spacial score (nSPS) is 21.1. The number of piperazine rings is 1. The molecule has 1 spiro atoms. The van der Waals surface area contributed by atoms with E-state index in [1.807, 2.05) is 4.90 Å². The SMILES string of the molecule is CCCCCCCCCN1C(=O)CNC(=O)C12CCCC2. The monoisotopic (exact) mass is 294 g/mol. The Hall–Kier alpha value is -1.06. The number of nitrogens with one attached hydrogen (secondary N) is 1. The summed E-state index contributed by atoms with van der Waals surface area (Å²) in [7, 11) is 0. The minimum atomic E-state index is -0.502. The molecule has 1 saturated carbocycles. The lowest BCUT2D eigenvalue weighted by atomic mass is 9.91. The van der Waals surface area contributed by atoms with Crippen LogP contribution in [0.2, 0.25) is 0 Å². The van der Waals surface area contributed by atoms with Crippen LogP contribution in [0.3, 0.4) is 0 Å². The molecular formula is C17H30N2O2. The molecule has 2 rings (SSSR count). The van der Waals surface area contributed by atoms with Crippen LogP contribution in [0.1, 0.15) is 77.6 Å². The first-order valence-electron chi connectivity index (χ1n) is 8.79. The molecule has 0 bridgehead atoms. The average molecular weight is 294 g/mol. The van der Waals surface area contributed by atoms with Crippen LogP contribution in [-0.4, -0.2) is 35.3 Å². The topological polar surface area (TPSA) is 49.4 Å². The Morgan fingerprint density at radius 1 is 1.00 bits per heavy atom. The fourth-order valence-corrected chi connectivity index (χ4v) is 3.80. The van der Waals surface area contributed by atoms with E-state index in [0.717, 1.165) is 38.6 Å². The van der Waals surface area contributed by atoms with Crippen LogP contribution < -0.4 is 5.32 Å². The lowest BCUT2D eigenvalue weighted by molar-refractivity contribution is -0.153. The van der Waals surface area contributed by atoms with Crippen LogP contribution >= 0.6 is 0 Å². The zero-order valence-electron chi connectivity index (χ0n) is 13.5. The van der Waals surface area contributed by atoms with Crippen molar-refractivity contribution in [3.05, 3.63) is 0 Å². The standard InChI is InChI=1S/C17H30N2O2/c1-2-3-4-5-6-7-10-13-19-15(20)14-18-16(21)17(19)11-8-9-12-17/h2-14H2,1H3,(H,18,21). The van der Waals surface area contributed by atoms with Gasteiger partial charge in [-0.15, -0.1) is 0 Å². The highest BCUT2D eigenvalue weighted by atomic mass is 16.2. The maximum absolute atomic E-state index is 12.3. The van der Waals surface area contributed by atoms with Crippen molar-refractivity contribution in [3.8, 4) is 0 Å². The maximum atomic E-state index is 12.3. The second kappa shape index (κ2) is 7.81. The predicted molar refractivity (Wildman–Crippen MR) is 83.9 cm³/mol. The quantitative estimate of drug-likeness (QED) is 0.700. The molecule has 2 aliphatic rings. The maximum Gasteiger partial charge on any atom is 0.246 e. The fraction of sp³-hybridized carbons (Fsp3) is 0.882. The third-order valence-corrected chi connectivity index (χ3v) is 5.06.